The van der Waals surface area contributed by atoms with Crippen LogP contribution in [0.15, 0.2) is 10.2 Å². The fraction of sp³-hybridized carbons (Fsp3) is 0.903. The predicted molar refractivity (Wildman–Crippen MR) is 188 cm³/mol. The van der Waals surface area contributed by atoms with Gasteiger partial charge in [0.1, 0.15) is 24.4 Å². The highest BCUT2D eigenvalue weighted by Gasteiger charge is 2.57. The fourth-order valence-electron chi connectivity index (χ4n) is 4.70. The van der Waals surface area contributed by atoms with Gasteiger partial charge in [-0.2, -0.15) is 0 Å². The molecule has 2 unspecified atom stereocenters. The summed E-state index contributed by atoms with van der Waals surface area (Å²) >= 11 is 2.27. The van der Waals surface area contributed by atoms with Crippen molar-refractivity contribution in [3.05, 3.63) is 10.2 Å². The number of fused-ring (bicyclic) bond motifs is 1. The molecule has 0 aromatic rings. The second-order valence-electron chi connectivity index (χ2n) is 16.9. The van der Waals surface area contributed by atoms with Crippen molar-refractivity contribution in [1.82, 2.24) is 0 Å². The zero-order valence-electron chi connectivity index (χ0n) is 29.1. The third kappa shape index (κ3) is 9.23. The third-order valence-electron chi connectivity index (χ3n) is 10.5. The van der Waals surface area contributed by atoms with E-state index in [-0.39, 0.29) is 39.8 Å². The van der Waals surface area contributed by atoms with Gasteiger partial charge in [0.2, 0.25) is 0 Å². The van der Waals surface area contributed by atoms with Crippen LogP contribution in [0.5, 0.6) is 0 Å². The Morgan fingerprint density at radius 1 is 0.833 bits per heavy atom. The minimum Gasteiger partial charge on any atom is -0.481 e. The Hall–Kier alpha value is 0.391. The van der Waals surface area contributed by atoms with Gasteiger partial charge in [-0.1, -0.05) is 84.9 Å². The molecule has 246 valence electrons. The molecule has 2 fully saturated rings. The number of carboxylic acid groups (broad SMARTS) is 1. The molecule has 2 rings (SSSR count). The highest BCUT2D eigenvalue weighted by molar-refractivity contribution is 14.1. The molecule has 0 aliphatic carbocycles. The van der Waals surface area contributed by atoms with E-state index in [2.05, 4.69) is 130 Å². The SMILES string of the molecule is CC(C)(C)[Si](C)(C)OC1C(O[Si](C)(C)C(C)(C)C)[C@H]2O[C@@H](CC(=O)O)CC[C@@H]2O[C@H]1[C@H](/C=C/I)O[Si](C)(C)C(C)(C)C. The molecule has 2 heterocycles. The van der Waals surface area contributed by atoms with Crippen molar-refractivity contribution in [2.24, 2.45) is 0 Å². The lowest BCUT2D eigenvalue weighted by Gasteiger charge is -2.56. The van der Waals surface area contributed by atoms with E-state index in [4.69, 9.17) is 22.8 Å². The number of carboxylic acids is 1. The topological polar surface area (TPSA) is 83.5 Å². The van der Waals surface area contributed by atoms with Crippen molar-refractivity contribution in [3.8, 4) is 0 Å². The van der Waals surface area contributed by atoms with Crippen LogP contribution in [0.4, 0.5) is 0 Å². The van der Waals surface area contributed by atoms with Crippen LogP contribution in [0.1, 0.15) is 81.6 Å². The lowest BCUT2D eigenvalue weighted by Crippen LogP contribution is -2.69. The van der Waals surface area contributed by atoms with Crippen LogP contribution in [-0.4, -0.2) is 78.8 Å². The summed E-state index contributed by atoms with van der Waals surface area (Å²) in [5, 5.41) is 9.53. The van der Waals surface area contributed by atoms with Crippen LogP contribution in [0.2, 0.25) is 54.4 Å². The Morgan fingerprint density at radius 3 is 1.74 bits per heavy atom. The van der Waals surface area contributed by atoms with E-state index < -0.39 is 55.3 Å². The summed E-state index contributed by atoms with van der Waals surface area (Å²) in [4.78, 5) is 11.7. The van der Waals surface area contributed by atoms with E-state index in [9.17, 15) is 9.90 Å². The first-order chi connectivity index (χ1) is 18.7. The number of hydrogen-bond acceptors (Lipinski definition) is 6. The molecular formula is C31H61IO7Si3. The van der Waals surface area contributed by atoms with Crippen LogP contribution in [0.25, 0.3) is 0 Å². The van der Waals surface area contributed by atoms with Crippen molar-refractivity contribution in [2.75, 3.05) is 0 Å². The molecule has 0 aromatic heterocycles. The van der Waals surface area contributed by atoms with Gasteiger partial charge >= 0.3 is 5.97 Å². The molecular weight excluding hydrogens is 695 g/mol. The van der Waals surface area contributed by atoms with E-state index in [1.807, 2.05) is 4.08 Å². The molecule has 0 radical (unpaired) electrons. The minimum absolute atomic E-state index is 0.0202. The lowest BCUT2D eigenvalue weighted by atomic mass is 9.87. The van der Waals surface area contributed by atoms with Crippen LogP contribution in [0.3, 0.4) is 0 Å². The number of hydrogen-bond donors (Lipinski definition) is 1. The maximum atomic E-state index is 11.7. The number of rotatable bonds is 10. The second kappa shape index (κ2) is 13.6. The zero-order valence-corrected chi connectivity index (χ0v) is 34.2. The van der Waals surface area contributed by atoms with Gasteiger partial charge in [-0.3, -0.25) is 4.79 Å². The molecule has 7 nitrogen and oxygen atoms in total. The summed E-state index contributed by atoms with van der Waals surface area (Å²) in [6.45, 7) is 33.9. The van der Waals surface area contributed by atoms with Gasteiger partial charge in [0.15, 0.2) is 25.0 Å². The van der Waals surface area contributed by atoms with E-state index >= 15 is 0 Å². The van der Waals surface area contributed by atoms with E-state index in [1.165, 1.54) is 0 Å². The third-order valence-corrected chi connectivity index (χ3v) is 24.3. The molecule has 2 saturated heterocycles. The highest BCUT2D eigenvalue weighted by Crippen LogP contribution is 2.47. The average molecular weight is 757 g/mol. The molecule has 0 bridgehead atoms. The molecule has 0 aromatic carbocycles. The Balaban J connectivity index is 2.74. The van der Waals surface area contributed by atoms with Gasteiger partial charge in [0, 0.05) is 0 Å². The summed E-state index contributed by atoms with van der Waals surface area (Å²) in [5.74, 6) is -0.848. The second-order valence-corrected chi connectivity index (χ2v) is 31.9. The predicted octanol–water partition coefficient (Wildman–Crippen LogP) is 8.90. The highest BCUT2D eigenvalue weighted by atomic mass is 127. The first kappa shape index (κ1) is 38.6. The summed E-state index contributed by atoms with van der Waals surface area (Å²) in [6.07, 6.45) is 0.854. The Morgan fingerprint density at radius 2 is 1.31 bits per heavy atom. The van der Waals surface area contributed by atoms with Gasteiger partial charge in [-0.15, -0.1) is 0 Å². The molecule has 11 heteroatoms. The van der Waals surface area contributed by atoms with Crippen LogP contribution in [-0.2, 0) is 27.5 Å². The van der Waals surface area contributed by atoms with Gasteiger partial charge in [0.05, 0.1) is 24.7 Å². The summed E-state index contributed by atoms with van der Waals surface area (Å²) in [6, 6.07) is 0. The average Bonchev–Trinajstić information content (AvgIpc) is 2.77. The van der Waals surface area contributed by atoms with Gasteiger partial charge in [-0.25, -0.2) is 0 Å². The number of halogens is 1. The maximum absolute atomic E-state index is 11.7. The number of carbonyl (C=O) groups is 1. The first-order valence-electron chi connectivity index (χ1n) is 15.6. The first-order valence-corrected chi connectivity index (χ1v) is 25.5. The summed E-state index contributed by atoms with van der Waals surface area (Å²) in [5.41, 5.74) is 0. The monoisotopic (exact) mass is 756 g/mol. The number of aliphatic carboxylic acids is 1. The van der Waals surface area contributed by atoms with E-state index in [0.717, 1.165) is 0 Å². The summed E-state index contributed by atoms with van der Waals surface area (Å²) < 4.78 is 37.4. The number of ether oxygens (including phenoxy) is 2. The zero-order chi connectivity index (χ0) is 32.7. The fourth-order valence-corrected chi connectivity index (χ4v) is 8.96. The summed E-state index contributed by atoms with van der Waals surface area (Å²) in [7, 11) is -6.83. The molecule has 0 saturated carbocycles. The van der Waals surface area contributed by atoms with E-state index in [0.29, 0.717) is 12.8 Å². The molecule has 1 N–H and O–H groups in total. The molecule has 0 amide bonds. The van der Waals surface area contributed by atoms with Gasteiger partial charge in [0.25, 0.3) is 0 Å². The smallest absolute Gasteiger partial charge is 0.305 e. The van der Waals surface area contributed by atoms with E-state index in [1.54, 1.807) is 0 Å². The molecule has 0 spiro atoms. The molecule has 7 atom stereocenters. The maximum Gasteiger partial charge on any atom is 0.305 e. The van der Waals surface area contributed by atoms with Gasteiger partial charge < -0.3 is 27.9 Å². The van der Waals surface area contributed by atoms with Crippen molar-refractivity contribution in [2.45, 2.75) is 179 Å². The largest absolute Gasteiger partial charge is 0.481 e. The van der Waals surface area contributed by atoms with Crippen molar-refractivity contribution in [3.63, 3.8) is 0 Å². The van der Waals surface area contributed by atoms with Crippen molar-refractivity contribution >= 4 is 53.5 Å². The Kier molecular flexibility index (Phi) is 12.5. The molecule has 2 aliphatic rings. The Labute approximate surface area is 273 Å². The van der Waals surface area contributed by atoms with Gasteiger partial charge in [-0.05, 0) is 77.4 Å². The van der Waals surface area contributed by atoms with Crippen molar-refractivity contribution in [1.29, 1.82) is 0 Å². The van der Waals surface area contributed by atoms with Crippen LogP contribution >= 0.6 is 22.6 Å². The quantitative estimate of drug-likeness (QED) is 0.176. The minimum atomic E-state index is -2.33. The normalized spacial score (nSPS) is 29.4. The Bertz CT molecular complexity index is 950. The lowest BCUT2D eigenvalue weighted by molar-refractivity contribution is -0.266. The molecule has 2 aliphatic heterocycles. The van der Waals surface area contributed by atoms with Crippen LogP contribution in [0, 0.1) is 0 Å². The molecule has 42 heavy (non-hydrogen) atoms. The standard InChI is InChI=1S/C31H61IO7Si3/c1-29(2,3)40(10,11)37-23(18-19-32)26-28(39-42(14,15)31(7,8)9)27(38-41(12,13)30(4,5)6)25-22(36-26)17-16-21(35-25)20-24(33)34/h18-19,21-23,25-28H,16-17,20H2,1-15H3,(H,33,34)/b19-18+/t21-,22+,23+,25+,26+,27?,28?/m1/s1. The van der Waals surface area contributed by atoms with Crippen LogP contribution < -0.4 is 0 Å². The van der Waals surface area contributed by atoms with Crippen molar-refractivity contribution < 1.29 is 32.7 Å².